The molecule has 0 radical (unpaired) electrons. The summed E-state index contributed by atoms with van der Waals surface area (Å²) in [6, 6.07) is 71.3. The van der Waals surface area contributed by atoms with Gasteiger partial charge < -0.3 is 0 Å². The van der Waals surface area contributed by atoms with Gasteiger partial charge in [0.15, 0.2) is 0 Å². The molecule has 0 amide bonds. The van der Waals surface area contributed by atoms with E-state index in [4.69, 9.17) is 0 Å². The van der Waals surface area contributed by atoms with E-state index in [1.165, 1.54) is 211 Å². The lowest BCUT2D eigenvalue weighted by molar-refractivity contribution is 1.12. The summed E-state index contributed by atoms with van der Waals surface area (Å²) < 4.78 is 0. The maximum absolute atomic E-state index is 2.30. The quantitative estimate of drug-likeness (QED) is 0.156. The minimum atomic E-state index is 0. The predicted molar refractivity (Wildman–Crippen MR) is 458 cm³/mol. The molecular weight excluding hydrogens is 1230 g/mol. The van der Waals surface area contributed by atoms with Crippen molar-refractivity contribution in [3.8, 4) is 22.3 Å². The first-order valence-electron chi connectivity index (χ1n) is 36.2. The van der Waals surface area contributed by atoms with Crippen LogP contribution in [0, 0.1) is 194 Å². The number of aryl methyl sites for hydroxylation is 24. The number of hydrogen-bond donors (Lipinski definition) is 0. The topological polar surface area (TPSA) is 0 Å². The second kappa shape index (κ2) is 39.4. The average molecular weight is 1350 g/mol. The molecule has 0 atom stereocenters. The van der Waals surface area contributed by atoms with Gasteiger partial charge in [0, 0.05) is 0 Å². The van der Waals surface area contributed by atoms with Gasteiger partial charge in [-0.3, -0.25) is 0 Å². The number of hydrogen-bond acceptors (Lipinski definition) is 0. The van der Waals surface area contributed by atoms with Gasteiger partial charge in [-0.2, -0.15) is 0 Å². The molecule has 12 aromatic rings. The van der Waals surface area contributed by atoms with Crippen molar-refractivity contribution in [2.75, 3.05) is 0 Å². The van der Waals surface area contributed by atoms with Gasteiger partial charge in [0.05, 0.1) is 0 Å². The van der Waals surface area contributed by atoms with Gasteiger partial charge in [-0.05, 0) is 418 Å². The molecule has 0 nitrogen and oxygen atoms in total. The van der Waals surface area contributed by atoms with Crippen molar-refractivity contribution in [2.24, 2.45) is 0 Å². The van der Waals surface area contributed by atoms with E-state index in [1.54, 1.807) is 0 Å². The highest BCUT2D eigenvalue weighted by atomic mass is 14.1. The standard InChI is InChI=1S/2C17H20.2C16H18.C14H16.2C10H14.2CH4/c1-12-5-7-16(9-14(12)3)11-17-8-6-13(2)15(4)10-17;1-12-8-9-16(10-14(12)3)11-17-7-5-6-13(2)15(17)4;1-11-5-7-15(9-13(11)3)16-8-6-12(2)14(4)10-16;1-11-8-9-15(10-13(11)3)16-7-5-6-12(2)14(16)4;1-9-5-13-7-11(3)12(4)8-14(13)6-10(9)2;1-7-5-9(3)10(4)6-8(7)2;1-7-5-6-8(2)10(4)9(7)3;;/h2*5-10H,11H2,1-4H3;2*5-10H,1-4H3;5-8H,1-4H3;2*5-6H,1-4H3;2*1H4. The van der Waals surface area contributed by atoms with Crippen LogP contribution >= 0.6 is 0 Å². The summed E-state index contributed by atoms with van der Waals surface area (Å²) in [5.41, 5.74) is 49.6. The van der Waals surface area contributed by atoms with Gasteiger partial charge in [-0.15, -0.1) is 0 Å². The van der Waals surface area contributed by atoms with E-state index in [9.17, 15) is 0 Å². The molecule has 0 aliphatic carbocycles. The van der Waals surface area contributed by atoms with E-state index in [0.717, 1.165) is 12.8 Å². The third-order valence-corrected chi connectivity index (χ3v) is 21.5. The molecule has 0 aromatic heterocycles. The van der Waals surface area contributed by atoms with E-state index in [0.29, 0.717) is 0 Å². The normalized spacial score (nSPS) is 10.3. The highest BCUT2D eigenvalue weighted by Crippen LogP contribution is 2.29. The Morgan fingerprint density at radius 1 is 0.167 bits per heavy atom. The highest BCUT2D eigenvalue weighted by molar-refractivity contribution is 5.85. The van der Waals surface area contributed by atoms with Crippen molar-refractivity contribution in [1.29, 1.82) is 0 Å². The summed E-state index contributed by atoms with van der Waals surface area (Å²) in [5, 5.41) is 2.72. The molecule has 0 saturated carbocycles. The SMILES string of the molecule is C.C.Cc1cc(C)c(C)cc1C.Cc1cc2cc(C)c(C)cc2cc1C.Cc1ccc(-c2ccc(C)c(C)c2)cc1C.Cc1ccc(-c2cccc(C)c2C)cc1C.Cc1ccc(C)c(C)c1C.Cc1ccc(Cc2ccc(C)c(C)c2)cc1C.Cc1ccc(Cc2cccc(C)c2C)cc1C. The van der Waals surface area contributed by atoms with Crippen molar-refractivity contribution in [3.05, 3.63) is 372 Å². The zero-order valence-electron chi connectivity index (χ0n) is 66.9. The van der Waals surface area contributed by atoms with Crippen LogP contribution in [-0.2, 0) is 12.8 Å². The monoisotopic (exact) mass is 1350 g/mol. The Hall–Kier alpha value is -9.10. The van der Waals surface area contributed by atoms with E-state index >= 15 is 0 Å². The molecule has 0 N–H and O–H groups in total. The van der Waals surface area contributed by atoms with Gasteiger partial charge >= 0.3 is 0 Å². The molecule has 0 heterocycles. The van der Waals surface area contributed by atoms with Crippen LogP contribution in [0.3, 0.4) is 0 Å². The van der Waals surface area contributed by atoms with Crippen LogP contribution in [0.15, 0.2) is 194 Å². The summed E-state index contributed by atoms with van der Waals surface area (Å²) in [4.78, 5) is 0. The summed E-state index contributed by atoms with van der Waals surface area (Å²) in [6.07, 6.45) is 2.07. The first-order chi connectivity index (χ1) is 47.1. The van der Waals surface area contributed by atoms with Crippen LogP contribution in [0.5, 0.6) is 0 Å². The molecule has 536 valence electrons. The van der Waals surface area contributed by atoms with Crippen LogP contribution in [0.4, 0.5) is 0 Å². The lowest BCUT2D eigenvalue weighted by atomic mass is 9.95. The number of rotatable bonds is 6. The van der Waals surface area contributed by atoms with Crippen LogP contribution in [0.1, 0.15) is 193 Å². The zero-order valence-corrected chi connectivity index (χ0v) is 66.9. The van der Waals surface area contributed by atoms with Crippen molar-refractivity contribution < 1.29 is 0 Å². The van der Waals surface area contributed by atoms with Crippen molar-refractivity contribution in [2.45, 2.75) is 222 Å². The van der Waals surface area contributed by atoms with Crippen LogP contribution in [0.25, 0.3) is 33.0 Å². The van der Waals surface area contributed by atoms with E-state index in [1.807, 2.05) is 0 Å². The third kappa shape index (κ3) is 24.3. The van der Waals surface area contributed by atoms with Gasteiger partial charge in [-0.1, -0.05) is 209 Å². The molecular formula is C102H128. The van der Waals surface area contributed by atoms with Gasteiger partial charge in [0.2, 0.25) is 0 Å². The Morgan fingerprint density at radius 3 is 0.745 bits per heavy atom. The van der Waals surface area contributed by atoms with E-state index < -0.39 is 0 Å². The Bertz CT molecular complexity index is 4510. The van der Waals surface area contributed by atoms with Crippen LogP contribution < -0.4 is 0 Å². The lowest BCUT2D eigenvalue weighted by Gasteiger charge is -2.10. The Morgan fingerprint density at radius 2 is 0.412 bits per heavy atom. The molecule has 0 saturated heterocycles. The zero-order chi connectivity index (χ0) is 74.0. The van der Waals surface area contributed by atoms with Gasteiger partial charge in [0.1, 0.15) is 0 Å². The lowest BCUT2D eigenvalue weighted by Crippen LogP contribution is -1.95. The second-order valence-corrected chi connectivity index (χ2v) is 29.3. The second-order valence-electron chi connectivity index (χ2n) is 29.3. The molecule has 0 fully saturated rings. The summed E-state index contributed by atoms with van der Waals surface area (Å²) in [5.74, 6) is 0. The predicted octanol–water partition coefficient (Wildman–Crippen LogP) is 29.4. The fourth-order valence-corrected chi connectivity index (χ4v) is 12.0. The van der Waals surface area contributed by atoms with Gasteiger partial charge in [0.25, 0.3) is 0 Å². The van der Waals surface area contributed by atoms with Crippen molar-refractivity contribution in [1.82, 2.24) is 0 Å². The Kier molecular flexibility index (Phi) is 32.9. The van der Waals surface area contributed by atoms with Crippen LogP contribution in [-0.4, -0.2) is 0 Å². The van der Waals surface area contributed by atoms with Gasteiger partial charge in [-0.25, -0.2) is 0 Å². The molecule has 0 bridgehead atoms. The fraction of sp³-hybridized carbons (Fsp3) is 0.314. The molecule has 102 heavy (non-hydrogen) atoms. The van der Waals surface area contributed by atoms with Crippen LogP contribution in [0.2, 0.25) is 0 Å². The van der Waals surface area contributed by atoms with E-state index in [2.05, 4.69) is 388 Å². The first kappa shape index (κ1) is 85.3. The maximum Gasteiger partial charge on any atom is -0.00229 e. The minimum absolute atomic E-state index is 0. The molecule has 12 rings (SSSR count). The Balaban J connectivity index is 0.000000253. The number of fused-ring (bicyclic) bond motifs is 1. The molecule has 0 aliphatic heterocycles. The molecule has 0 unspecified atom stereocenters. The smallest absolute Gasteiger partial charge is 0.00229 e. The molecule has 0 aliphatic rings. The average Bonchev–Trinajstić information content (AvgIpc) is 0.835. The highest BCUT2D eigenvalue weighted by Gasteiger charge is 2.09. The summed E-state index contributed by atoms with van der Waals surface area (Å²) in [7, 11) is 0. The van der Waals surface area contributed by atoms with Crippen molar-refractivity contribution >= 4 is 10.8 Å². The fourth-order valence-electron chi connectivity index (χ4n) is 12.0. The molecule has 12 aromatic carbocycles. The third-order valence-electron chi connectivity index (χ3n) is 21.5. The maximum atomic E-state index is 2.30. The van der Waals surface area contributed by atoms with E-state index in [-0.39, 0.29) is 14.9 Å². The number of benzene rings is 12. The first-order valence-corrected chi connectivity index (χ1v) is 36.2. The minimum Gasteiger partial charge on any atom is -0.0776 e. The van der Waals surface area contributed by atoms with Crippen molar-refractivity contribution in [3.63, 3.8) is 0 Å². The molecule has 0 spiro atoms. The Labute approximate surface area is 622 Å². The largest absolute Gasteiger partial charge is 0.0776 e. The summed E-state index contributed by atoms with van der Waals surface area (Å²) in [6.45, 7) is 60.7. The molecule has 0 heteroatoms. The summed E-state index contributed by atoms with van der Waals surface area (Å²) >= 11 is 0.